The van der Waals surface area contributed by atoms with Crippen LogP contribution in [0, 0.1) is 5.92 Å². The topological polar surface area (TPSA) is 96.9 Å². The number of H-pyrrole nitrogens is 1. The molecule has 0 radical (unpaired) electrons. The number of benzene rings is 1. The van der Waals surface area contributed by atoms with E-state index in [2.05, 4.69) is 25.6 Å². The minimum absolute atomic E-state index is 0.211. The third-order valence-corrected chi connectivity index (χ3v) is 4.74. The molecule has 4 rings (SSSR count). The summed E-state index contributed by atoms with van der Waals surface area (Å²) in [4.78, 5) is 24.1. The molecule has 26 heavy (non-hydrogen) atoms. The molecule has 136 valence electrons. The van der Waals surface area contributed by atoms with Gasteiger partial charge in [0.25, 0.3) is 0 Å². The molecule has 0 bridgehead atoms. The summed E-state index contributed by atoms with van der Waals surface area (Å²) in [7, 11) is 1.62. The SMILES string of the molecule is COc1ccccc1Cn1c(=O)[nH]c2cnc(NC[C@@H]3CCNC3)nc21. The van der Waals surface area contributed by atoms with Crippen molar-refractivity contribution >= 4 is 17.1 Å². The quantitative estimate of drug-likeness (QED) is 0.615. The minimum Gasteiger partial charge on any atom is -0.496 e. The second-order valence-corrected chi connectivity index (χ2v) is 6.50. The van der Waals surface area contributed by atoms with Crippen molar-refractivity contribution in [3.8, 4) is 5.75 Å². The molecule has 0 unspecified atom stereocenters. The van der Waals surface area contributed by atoms with E-state index in [1.807, 2.05) is 24.3 Å². The van der Waals surface area contributed by atoms with Gasteiger partial charge in [-0.1, -0.05) is 18.2 Å². The number of para-hydroxylation sites is 1. The largest absolute Gasteiger partial charge is 0.496 e. The van der Waals surface area contributed by atoms with E-state index in [9.17, 15) is 4.79 Å². The zero-order chi connectivity index (χ0) is 17.9. The molecule has 8 nitrogen and oxygen atoms in total. The van der Waals surface area contributed by atoms with Gasteiger partial charge in [-0.25, -0.2) is 9.78 Å². The van der Waals surface area contributed by atoms with Crippen LogP contribution in [-0.4, -0.2) is 46.3 Å². The lowest BCUT2D eigenvalue weighted by atomic mass is 10.1. The van der Waals surface area contributed by atoms with Crippen molar-refractivity contribution in [2.45, 2.75) is 13.0 Å². The van der Waals surface area contributed by atoms with Gasteiger partial charge in [-0.2, -0.15) is 4.98 Å². The first-order valence-electron chi connectivity index (χ1n) is 8.76. The Balaban J connectivity index is 1.62. The Labute approximate surface area is 150 Å². The molecule has 1 atom stereocenters. The summed E-state index contributed by atoms with van der Waals surface area (Å²) in [6, 6.07) is 7.65. The lowest BCUT2D eigenvalue weighted by Crippen LogP contribution is -2.19. The number of nitrogens with one attached hydrogen (secondary N) is 3. The molecule has 0 spiro atoms. The zero-order valence-corrected chi connectivity index (χ0v) is 14.7. The van der Waals surface area contributed by atoms with Gasteiger partial charge < -0.3 is 20.4 Å². The lowest BCUT2D eigenvalue weighted by molar-refractivity contribution is 0.408. The summed E-state index contributed by atoms with van der Waals surface area (Å²) in [6.07, 6.45) is 2.80. The number of fused-ring (bicyclic) bond motifs is 1. The van der Waals surface area contributed by atoms with E-state index >= 15 is 0 Å². The normalized spacial score (nSPS) is 16.9. The van der Waals surface area contributed by atoms with E-state index < -0.39 is 0 Å². The summed E-state index contributed by atoms with van der Waals surface area (Å²) < 4.78 is 7.00. The molecule has 1 saturated heterocycles. The van der Waals surface area contributed by atoms with Crippen LogP contribution in [0.25, 0.3) is 11.2 Å². The predicted octanol–water partition coefficient (Wildman–Crippen LogP) is 1.20. The first-order valence-corrected chi connectivity index (χ1v) is 8.76. The highest BCUT2D eigenvalue weighted by molar-refractivity contribution is 5.71. The smallest absolute Gasteiger partial charge is 0.328 e. The van der Waals surface area contributed by atoms with E-state index in [-0.39, 0.29) is 5.69 Å². The van der Waals surface area contributed by atoms with Crippen molar-refractivity contribution in [2.75, 3.05) is 32.1 Å². The summed E-state index contributed by atoms with van der Waals surface area (Å²) in [5.41, 5.74) is 1.92. The van der Waals surface area contributed by atoms with Gasteiger partial charge >= 0.3 is 5.69 Å². The molecule has 3 N–H and O–H groups in total. The fraction of sp³-hybridized carbons (Fsp3) is 0.389. The van der Waals surface area contributed by atoms with E-state index in [4.69, 9.17) is 4.74 Å². The Morgan fingerprint density at radius 2 is 2.27 bits per heavy atom. The van der Waals surface area contributed by atoms with Crippen molar-refractivity contribution in [2.24, 2.45) is 5.92 Å². The first kappa shape index (κ1) is 16.6. The highest BCUT2D eigenvalue weighted by Crippen LogP contribution is 2.19. The van der Waals surface area contributed by atoms with Crippen LogP contribution in [0.2, 0.25) is 0 Å². The molecule has 0 aliphatic carbocycles. The summed E-state index contributed by atoms with van der Waals surface area (Å²) in [5.74, 6) is 1.86. The van der Waals surface area contributed by atoms with Gasteiger partial charge in [0.15, 0.2) is 5.65 Å². The summed E-state index contributed by atoms with van der Waals surface area (Å²) in [6.45, 7) is 3.27. The molecule has 1 aromatic carbocycles. The lowest BCUT2D eigenvalue weighted by Gasteiger charge is -2.11. The van der Waals surface area contributed by atoms with E-state index in [0.717, 1.165) is 37.4 Å². The summed E-state index contributed by atoms with van der Waals surface area (Å²) >= 11 is 0. The molecule has 8 heteroatoms. The Hall–Kier alpha value is -2.87. The van der Waals surface area contributed by atoms with E-state index in [0.29, 0.717) is 29.6 Å². The molecule has 2 aromatic heterocycles. The van der Waals surface area contributed by atoms with Crippen LogP contribution in [0.3, 0.4) is 0 Å². The van der Waals surface area contributed by atoms with Crippen LogP contribution in [0.4, 0.5) is 5.95 Å². The molecule has 0 amide bonds. The van der Waals surface area contributed by atoms with E-state index in [1.54, 1.807) is 17.9 Å². The van der Waals surface area contributed by atoms with Crippen LogP contribution < -0.4 is 21.1 Å². The average Bonchev–Trinajstić information content (AvgIpc) is 3.29. The van der Waals surface area contributed by atoms with Gasteiger partial charge in [-0.05, 0) is 31.5 Å². The number of hydrogen-bond acceptors (Lipinski definition) is 6. The van der Waals surface area contributed by atoms with Crippen molar-refractivity contribution in [1.29, 1.82) is 0 Å². The fourth-order valence-corrected chi connectivity index (χ4v) is 3.31. The predicted molar refractivity (Wildman–Crippen MR) is 99.7 cm³/mol. The molecular weight excluding hydrogens is 332 g/mol. The molecule has 1 aliphatic rings. The standard InChI is InChI=1S/C18H22N6O2/c1-26-15-5-3-2-4-13(15)11-24-16-14(22-18(24)25)10-21-17(23-16)20-9-12-6-7-19-8-12/h2-5,10,12,19H,6-9,11H2,1H3,(H,22,25)(H,20,21,23)/t12-/m1/s1. The van der Waals surface area contributed by atoms with Crippen LogP contribution in [0.5, 0.6) is 5.75 Å². The number of methoxy groups -OCH3 is 1. The third kappa shape index (κ3) is 3.28. The molecule has 0 saturated carbocycles. The van der Waals surface area contributed by atoms with Crippen LogP contribution in [0.15, 0.2) is 35.3 Å². The highest BCUT2D eigenvalue weighted by atomic mass is 16.5. The van der Waals surface area contributed by atoms with Crippen molar-refractivity contribution in [3.63, 3.8) is 0 Å². The number of imidazole rings is 1. The second kappa shape index (κ2) is 7.17. The highest BCUT2D eigenvalue weighted by Gasteiger charge is 2.16. The van der Waals surface area contributed by atoms with Crippen molar-refractivity contribution < 1.29 is 4.74 Å². The monoisotopic (exact) mass is 354 g/mol. The van der Waals surface area contributed by atoms with Gasteiger partial charge in [0.2, 0.25) is 5.95 Å². The Kier molecular flexibility index (Phi) is 4.57. The molecule has 3 aromatic rings. The maximum absolute atomic E-state index is 12.4. The number of rotatable bonds is 6. The van der Waals surface area contributed by atoms with Crippen LogP contribution >= 0.6 is 0 Å². The average molecular weight is 354 g/mol. The van der Waals surface area contributed by atoms with Crippen molar-refractivity contribution in [3.05, 3.63) is 46.5 Å². The van der Waals surface area contributed by atoms with Gasteiger partial charge in [-0.15, -0.1) is 0 Å². The Bertz CT molecular complexity index is 958. The number of nitrogens with zero attached hydrogens (tertiary/aromatic N) is 3. The Morgan fingerprint density at radius 1 is 1.38 bits per heavy atom. The van der Waals surface area contributed by atoms with Crippen LogP contribution in [-0.2, 0) is 6.54 Å². The zero-order valence-electron chi connectivity index (χ0n) is 14.7. The molecule has 3 heterocycles. The molecular formula is C18H22N6O2. The second-order valence-electron chi connectivity index (χ2n) is 6.50. The third-order valence-electron chi connectivity index (χ3n) is 4.74. The van der Waals surface area contributed by atoms with Crippen molar-refractivity contribution in [1.82, 2.24) is 24.8 Å². The number of aromatic amines is 1. The van der Waals surface area contributed by atoms with Gasteiger partial charge in [0, 0.05) is 12.1 Å². The first-order chi connectivity index (χ1) is 12.7. The number of ether oxygens (including phenoxy) is 1. The van der Waals surface area contributed by atoms with E-state index in [1.165, 1.54) is 0 Å². The number of aromatic nitrogens is 4. The van der Waals surface area contributed by atoms with Gasteiger partial charge in [-0.3, -0.25) is 4.57 Å². The van der Waals surface area contributed by atoms with Gasteiger partial charge in [0.1, 0.15) is 11.3 Å². The van der Waals surface area contributed by atoms with Gasteiger partial charge in [0.05, 0.1) is 19.9 Å². The molecule has 1 fully saturated rings. The fourth-order valence-electron chi connectivity index (χ4n) is 3.31. The number of anilines is 1. The number of hydrogen-bond donors (Lipinski definition) is 3. The minimum atomic E-state index is -0.211. The van der Waals surface area contributed by atoms with Crippen LogP contribution in [0.1, 0.15) is 12.0 Å². The maximum atomic E-state index is 12.4. The Morgan fingerprint density at radius 3 is 3.08 bits per heavy atom. The molecule has 1 aliphatic heterocycles. The summed E-state index contributed by atoms with van der Waals surface area (Å²) in [5, 5.41) is 6.63. The maximum Gasteiger partial charge on any atom is 0.328 e.